The molecule has 0 radical (unpaired) electrons. The molecule has 0 fully saturated rings. The molecular weight excluding hydrogens is 623 g/mol. The number of aromatic hydroxyl groups is 1. The second-order valence-corrected chi connectivity index (χ2v) is 11.6. The van der Waals surface area contributed by atoms with Crippen molar-refractivity contribution >= 4 is 45.3 Å². The van der Waals surface area contributed by atoms with Crippen molar-refractivity contribution in [2.45, 2.75) is 104 Å². The number of rotatable bonds is 18. The first-order chi connectivity index (χ1) is 19.1. The predicted octanol–water partition coefficient (Wildman–Crippen LogP) is 9.86. The molecule has 9 nitrogen and oxygen atoms in total. The number of halogens is 1. The third-order valence-corrected chi connectivity index (χ3v) is 7.48. The lowest BCUT2D eigenvalue weighted by Crippen LogP contribution is -2.16. The topological polar surface area (TPSA) is 110 Å². The van der Waals surface area contributed by atoms with Crippen LogP contribution in [0, 0.1) is 13.7 Å². The molecule has 2 rings (SSSR count). The van der Waals surface area contributed by atoms with Gasteiger partial charge in [-0.25, -0.2) is 0 Å². The summed E-state index contributed by atoms with van der Waals surface area (Å²) in [4.78, 5) is 13.0. The lowest BCUT2D eigenvalue weighted by Gasteiger charge is -2.22. The Kier molecular flexibility index (Phi) is 14.5. The fourth-order valence-corrected chi connectivity index (χ4v) is 4.94. The van der Waals surface area contributed by atoms with Crippen molar-refractivity contribution in [1.29, 1.82) is 0 Å². The Labute approximate surface area is 252 Å². The molecule has 222 valence electrons. The smallest absolute Gasteiger partial charge is 0.286 e. The highest BCUT2D eigenvalue weighted by Gasteiger charge is 2.20. The van der Waals surface area contributed by atoms with E-state index in [1.165, 1.54) is 31.7 Å². The molecule has 0 saturated heterocycles. The van der Waals surface area contributed by atoms with Crippen LogP contribution >= 0.6 is 22.6 Å². The maximum atomic E-state index is 11.6. The molecule has 0 heterocycles. The van der Waals surface area contributed by atoms with Crippen molar-refractivity contribution in [3.63, 3.8) is 0 Å². The quantitative estimate of drug-likeness (QED) is 0.0557. The Hall–Kier alpha value is -2.63. The van der Waals surface area contributed by atoms with E-state index in [0.717, 1.165) is 44.2 Å². The van der Waals surface area contributed by atoms with E-state index in [4.69, 9.17) is 9.47 Å². The normalized spacial score (nSPS) is 12.9. The first-order valence-corrected chi connectivity index (χ1v) is 15.4. The molecule has 2 aromatic carbocycles. The molecule has 2 atom stereocenters. The van der Waals surface area contributed by atoms with E-state index in [1.54, 1.807) is 18.2 Å². The van der Waals surface area contributed by atoms with Gasteiger partial charge in [-0.3, -0.25) is 10.1 Å². The van der Waals surface area contributed by atoms with Crippen molar-refractivity contribution in [1.82, 2.24) is 0 Å². The summed E-state index contributed by atoms with van der Waals surface area (Å²) in [5.41, 5.74) is 1.29. The number of anilines is 1. The highest BCUT2D eigenvalue weighted by molar-refractivity contribution is 14.1. The van der Waals surface area contributed by atoms with E-state index in [-0.39, 0.29) is 29.3 Å². The number of hydrogen-bond donors (Lipinski definition) is 1. The number of benzene rings is 2. The van der Waals surface area contributed by atoms with Crippen LogP contribution in [0.5, 0.6) is 17.2 Å². The highest BCUT2D eigenvalue weighted by Crippen LogP contribution is 2.42. The maximum absolute atomic E-state index is 11.6. The van der Waals surface area contributed by atoms with E-state index < -0.39 is 4.92 Å². The Balaban J connectivity index is 2.35. The van der Waals surface area contributed by atoms with Crippen LogP contribution < -0.4 is 14.4 Å². The zero-order valence-corrected chi connectivity index (χ0v) is 26.9. The summed E-state index contributed by atoms with van der Waals surface area (Å²) in [7, 11) is 3.78. The monoisotopic (exact) mass is 668 g/mol. The molecule has 1 N–H and O–H groups in total. The number of hydrogen-bond acceptors (Lipinski definition) is 8. The number of nitrogens with zero attached hydrogens (tertiary/aromatic N) is 4. The Morgan fingerprint density at radius 1 is 0.875 bits per heavy atom. The summed E-state index contributed by atoms with van der Waals surface area (Å²) < 4.78 is 12.8. The Morgan fingerprint density at radius 2 is 1.43 bits per heavy atom. The van der Waals surface area contributed by atoms with Gasteiger partial charge in [0.2, 0.25) is 0 Å². The molecule has 10 heteroatoms. The summed E-state index contributed by atoms with van der Waals surface area (Å²) in [6.07, 6.45) is 10.7. The number of ether oxygens (including phenoxy) is 2. The highest BCUT2D eigenvalue weighted by atomic mass is 127. The van der Waals surface area contributed by atoms with Crippen LogP contribution in [0.3, 0.4) is 0 Å². The second-order valence-electron chi connectivity index (χ2n) is 10.5. The zero-order chi connectivity index (χ0) is 29.7. The minimum atomic E-state index is -0.430. The van der Waals surface area contributed by atoms with E-state index in [9.17, 15) is 15.2 Å². The fraction of sp³-hybridized carbons (Fsp3) is 0.600. The first-order valence-electron chi connectivity index (χ1n) is 14.3. The van der Waals surface area contributed by atoms with Crippen LogP contribution in [0.25, 0.3) is 0 Å². The van der Waals surface area contributed by atoms with E-state index >= 15 is 0 Å². The van der Waals surface area contributed by atoms with Crippen LogP contribution in [0.2, 0.25) is 0 Å². The fourth-order valence-electron chi connectivity index (χ4n) is 4.29. The van der Waals surface area contributed by atoms with Crippen molar-refractivity contribution in [2.75, 3.05) is 19.0 Å². The molecule has 0 unspecified atom stereocenters. The summed E-state index contributed by atoms with van der Waals surface area (Å²) in [5, 5.41) is 31.0. The number of nitro groups is 1. The number of phenols is 1. The largest absolute Gasteiger partial charge is 0.506 e. The van der Waals surface area contributed by atoms with Gasteiger partial charge < -0.3 is 19.5 Å². The van der Waals surface area contributed by atoms with Crippen LogP contribution in [0.15, 0.2) is 34.5 Å². The van der Waals surface area contributed by atoms with Crippen molar-refractivity contribution in [3.8, 4) is 17.2 Å². The van der Waals surface area contributed by atoms with Crippen LogP contribution in [-0.4, -0.2) is 36.3 Å². The number of nitro benzene ring substituents is 1. The number of unbranched alkanes of at least 4 members (excludes halogenated alkanes) is 6. The Bertz CT molecular complexity index is 1130. The Morgan fingerprint density at radius 3 is 1.95 bits per heavy atom. The zero-order valence-electron chi connectivity index (χ0n) is 24.8. The average molecular weight is 669 g/mol. The van der Waals surface area contributed by atoms with Crippen molar-refractivity contribution in [2.24, 2.45) is 10.2 Å². The summed E-state index contributed by atoms with van der Waals surface area (Å²) in [5.74, 6) is 0.856. The third-order valence-electron chi connectivity index (χ3n) is 6.61. The van der Waals surface area contributed by atoms with Crippen LogP contribution in [0.4, 0.5) is 22.7 Å². The molecule has 0 saturated carbocycles. The average Bonchev–Trinajstić information content (AvgIpc) is 2.90. The van der Waals surface area contributed by atoms with Gasteiger partial charge in [0.1, 0.15) is 22.9 Å². The minimum Gasteiger partial charge on any atom is -0.506 e. The summed E-state index contributed by atoms with van der Waals surface area (Å²) in [6.45, 7) is 8.36. The predicted molar refractivity (Wildman–Crippen MR) is 170 cm³/mol. The third kappa shape index (κ3) is 10.7. The van der Waals surface area contributed by atoms with E-state index in [0.29, 0.717) is 20.8 Å². The molecule has 40 heavy (non-hydrogen) atoms. The molecule has 0 aromatic heterocycles. The van der Waals surface area contributed by atoms with Gasteiger partial charge in [0.25, 0.3) is 5.69 Å². The summed E-state index contributed by atoms with van der Waals surface area (Å²) >= 11 is 1.92. The molecule has 0 aliphatic rings. The molecular formula is C30H45IN4O5. The number of phenolic OH excluding ortho intramolecular Hbond substituents is 1. The molecule has 0 bridgehead atoms. The minimum absolute atomic E-state index is 0.0000414. The van der Waals surface area contributed by atoms with Gasteiger partial charge in [-0.05, 0) is 68.2 Å². The van der Waals surface area contributed by atoms with Crippen molar-refractivity contribution in [3.05, 3.63) is 37.9 Å². The standard InChI is InChI=1S/C30H45IN4O5/c1-7-9-11-13-15-21(3)39-29-20-26(35(37)38)23(31)17-25(29)33-32-24-18-30(27(34(5)6)19-28(24)36)40-22(4)16-14-12-10-8-2/h17-22,36H,7-16H2,1-6H3/t21-,22+/m1/s1. The van der Waals surface area contributed by atoms with Gasteiger partial charge in [-0.1, -0.05) is 52.4 Å². The number of azo groups is 1. The van der Waals surface area contributed by atoms with Crippen LogP contribution in [-0.2, 0) is 0 Å². The molecule has 2 aromatic rings. The van der Waals surface area contributed by atoms with Gasteiger partial charge in [-0.15, -0.1) is 10.2 Å². The van der Waals surface area contributed by atoms with Crippen molar-refractivity contribution < 1.29 is 19.5 Å². The van der Waals surface area contributed by atoms with Gasteiger partial charge in [0.15, 0.2) is 5.75 Å². The molecule has 0 aliphatic heterocycles. The van der Waals surface area contributed by atoms with Gasteiger partial charge in [-0.2, -0.15) is 0 Å². The lowest BCUT2D eigenvalue weighted by molar-refractivity contribution is -0.385. The second kappa shape index (κ2) is 17.2. The maximum Gasteiger partial charge on any atom is 0.286 e. The SMILES string of the molecule is CCCCCC[C@@H](C)Oc1cc([N+](=O)[O-])c(I)cc1N=Nc1cc(O[C@@H](C)CCCCCC)c(N(C)C)cc1O. The van der Waals surface area contributed by atoms with E-state index in [1.807, 2.05) is 55.4 Å². The van der Waals surface area contributed by atoms with Gasteiger partial charge >= 0.3 is 0 Å². The van der Waals surface area contributed by atoms with Gasteiger partial charge in [0.05, 0.1) is 32.5 Å². The lowest BCUT2D eigenvalue weighted by atomic mass is 10.1. The molecule has 0 aliphatic carbocycles. The molecule has 0 amide bonds. The van der Waals surface area contributed by atoms with Gasteiger partial charge in [0, 0.05) is 26.2 Å². The molecule has 0 spiro atoms. The van der Waals surface area contributed by atoms with Crippen LogP contribution in [0.1, 0.15) is 91.9 Å². The summed E-state index contributed by atoms with van der Waals surface area (Å²) in [6, 6.07) is 6.29. The van der Waals surface area contributed by atoms with E-state index in [2.05, 4.69) is 24.1 Å². The first kappa shape index (κ1) is 33.6.